The number of nitrogens with zero attached hydrogens (tertiary/aromatic N) is 1. The normalized spacial score (nSPS) is 10.3. The van der Waals surface area contributed by atoms with Crippen LogP contribution in [-0.4, -0.2) is 13.7 Å². The van der Waals surface area contributed by atoms with Gasteiger partial charge in [0, 0.05) is 18.0 Å². The van der Waals surface area contributed by atoms with E-state index in [1.807, 2.05) is 42.5 Å². The monoisotopic (exact) mass is 358 g/mol. The Hall–Kier alpha value is -2.22. The van der Waals surface area contributed by atoms with Gasteiger partial charge in [0.1, 0.15) is 6.61 Å². The van der Waals surface area contributed by atoms with Crippen LogP contribution in [0.4, 0.5) is 0 Å². The first-order chi connectivity index (χ1) is 12.2. The minimum absolute atomic E-state index is 0.462. The standard InChI is InChI=1S/C20H23ClN2O2/c1-24-20-13-17(14-23-12-4-2-3-11-22)7-10-19(20)25-15-16-5-8-18(21)9-6-16/h5-10,13,23H,2-4,12,14-15H2,1H3. The maximum atomic E-state index is 8.51. The molecule has 0 aromatic heterocycles. The molecule has 5 heteroatoms. The minimum atomic E-state index is 0.462. The lowest BCUT2D eigenvalue weighted by atomic mass is 10.2. The molecule has 0 fully saturated rings. The van der Waals surface area contributed by atoms with Gasteiger partial charge >= 0.3 is 0 Å². The highest BCUT2D eigenvalue weighted by atomic mass is 35.5. The van der Waals surface area contributed by atoms with E-state index in [0.29, 0.717) is 18.1 Å². The van der Waals surface area contributed by atoms with Crippen LogP contribution in [0.15, 0.2) is 42.5 Å². The summed E-state index contributed by atoms with van der Waals surface area (Å²) in [4.78, 5) is 0. The van der Waals surface area contributed by atoms with E-state index >= 15 is 0 Å². The predicted molar refractivity (Wildman–Crippen MR) is 99.9 cm³/mol. The highest BCUT2D eigenvalue weighted by Crippen LogP contribution is 2.29. The van der Waals surface area contributed by atoms with Crippen molar-refractivity contribution in [3.05, 3.63) is 58.6 Å². The quantitative estimate of drug-likeness (QED) is 0.625. The zero-order valence-electron chi connectivity index (χ0n) is 14.4. The third kappa shape index (κ3) is 6.66. The van der Waals surface area contributed by atoms with E-state index in [0.717, 1.165) is 48.6 Å². The number of halogens is 1. The Kier molecular flexibility index (Phi) is 8.11. The number of hydrogen-bond acceptors (Lipinski definition) is 4. The van der Waals surface area contributed by atoms with Crippen LogP contribution in [0.5, 0.6) is 11.5 Å². The van der Waals surface area contributed by atoms with E-state index in [-0.39, 0.29) is 0 Å². The fraction of sp³-hybridized carbons (Fsp3) is 0.350. The Balaban J connectivity index is 1.85. The predicted octanol–water partition coefficient (Wildman–Crippen LogP) is 4.71. The van der Waals surface area contributed by atoms with Gasteiger partial charge in [0.15, 0.2) is 11.5 Å². The molecule has 0 spiro atoms. The van der Waals surface area contributed by atoms with Gasteiger partial charge in [0.2, 0.25) is 0 Å². The molecule has 0 radical (unpaired) electrons. The van der Waals surface area contributed by atoms with Gasteiger partial charge in [-0.3, -0.25) is 0 Å². The molecule has 2 rings (SSSR count). The molecule has 0 bridgehead atoms. The molecule has 0 aliphatic heterocycles. The molecular weight excluding hydrogens is 336 g/mol. The van der Waals surface area contributed by atoms with Crippen molar-refractivity contribution in [3.63, 3.8) is 0 Å². The molecule has 0 aliphatic rings. The van der Waals surface area contributed by atoms with Crippen molar-refractivity contribution < 1.29 is 9.47 Å². The molecule has 0 amide bonds. The Bertz CT molecular complexity index is 696. The number of benzene rings is 2. The lowest BCUT2D eigenvalue weighted by Gasteiger charge is -2.13. The highest BCUT2D eigenvalue weighted by Gasteiger charge is 2.06. The van der Waals surface area contributed by atoms with Crippen molar-refractivity contribution in [1.82, 2.24) is 5.32 Å². The smallest absolute Gasteiger partial charge is 0.161 e. The Morgan fingerprint density at radius 1 is 1.04 bits per heavy atom. The second kappa shape index (κ2) is 10.6. The first-order valence-corrected chi connectivity index (χ1v) is 8.72. The molecule has 0 saturated heterocycles. The highest BCUT2D eigenvalue weighted by molar-refractivity contribution is 6.30. The van der Waals surface area contributed by atoms with Crippen molar-refractivity contribution in [2.45, 2.75) is 32.4 Å². The number of rotatable bonds is 10. The van der Waals surface area contributed by atoms with Crippen LogP contribution >= 0.6 is 11.6 Å². The maximum Gasteiger partial charge on any atom is 0.161 e. The van der Waals surface area contributed by atoms with Crippen LogP contribution in [-0.2, 0) is 13.2 Å². The summed E-state index contributed by atoms with van der Waals surface area (Å²) >= 11 is 5.89. The Morgan fingerprint density at radius 2 is 1.80 bits per heavy atom. The average Bonchev–Trinajstić information content (AvgIpc) is 2.64. The van der Waals surface area contributed by atoms with Crippen molar-refractivity contribution in [2.75, 3.05) is 13.7 Å². The number of nitrogens with one attached hydrogen (secondary N) is 1. The fourth-order valence-electron chi connectivity index (χ4n) is 2.37. The molecule has 2 aromatic rings. The first kappa shape index (κ1) is 19.1. The molecular formula is C20H23ClN2O2. The van der Waals surface area contributed by atoms with Crippen LogP contribution in [0, 0.1) is 11.3 Å². The van der Waals surface area contributed by atoms with Gasteiger partial charge in [0.05, 0.1) is 13.2 Å². The SMILES string of the molecule is COc1cc(CNCCCCC#N)ccc1OCc1ccc(Cl)cc1. The summed E-state index contributed by atoms with van der Waals surface area (Å²) in [7, 11) is 1.64. The molecule has 1 N–H and O–H groups in total. The Morgan fingerprint density at radius 3 is 2.52 bits per heavy atom. The topological polar surface area (TPSA) is 54.3 Å². The number of unbranched alkanes of at least 4 members (excludes halogenated alkanes) is 2. The zero-order valence-corrected chi connectivity index (χ0v) is 15.2. The number of nitriles is 1. The molecule has 25 heavy (non-hydrogen) atoms. The van der Waals surface area contributed by atoms with Gasteiger partial charge in [-0.15, -0.1) is 0 Å². The second-order valence-electron chi connectivity index (χ2n) is 5.69. The third-order valence-electron chi connectivity index (χ3n) is 3.76. The Labute approximate surface area is 154 Å². The summed E-state index contributed by atoms with van der Waals surface area (Å²) < 4.78 is 11.3. The van der Waals surface area contributed by atoms with Crippen LogP contribution in [0.2, 0.25) is 5.02 Å². The summed E-state index contributed by atoms with van der Waals surface area (Å²) in [5.74, 6) is 1.44. The maximum absolute atomic E-state index is 8.51. The van der Waals surface area contributed by atoms with Gasteiger partial charge in [-0.25, -0.2) is 0 Å². The van der Waals surface area contributed by atoms with E-state index < -0.39 is 0 Å². The number of methoxy groups -OCH3 is 1. The molecule has 2 aromatic carbocycles. The first-order valence-electron chi connectivity index (χ1n) is 8.34. The van der Waals surface area contributed by atoms with Crippen molar-refractivity contribution in [3.8, 4) is 17.6 Å². The van der Waals surface area contributed by atoms with E-state index in [1.54, 1.807) is 7.11 Å². The fourth-order valence-corrected chi connectivity index (χ4v) is 2.50. The van der Waals surface area contributed by atoms with Crippen molar-refractivity contribution >= 4 is 11.6 Å². The van der Waals surface area contributed by atoms with E-state index in [9.17, 15) is 0 Å². The lowest BCUT2D eigenvalue weighted by molar-refractivity contribution is 0.284. The molecule has 0 atom stereocenters. The summed E-state index contributed by atoms with van der Waals surface area (Å²) in [6, 6.07) is 15.7. The molecule has 4 nitrogen and oxygen atoms in total. The number of ether oxygens (including phenoxy) is 2. The van der Waals surface area contributed by atoms with Crippen LogP contribution in [0.25, 0.3) is 0 Å². The van der Waals surface area contributed by atoms with Crippen LogP contribution < -0.4 is 14.8 Å². The van der Waals surface area contributed by atoms with Crippen LogP contribution in [0.3, 0.4) is 0 Å². The minimum Gasteiger partial charge on any atom is -0.493 e. The van der Waals surface area contributed by atoms with Gasteiger partial charge in [-0.05, 0) is 54.8 Å². The molecule has 132 valence electrons. The number of hydrogen-bond donors (Lipinski definition) is 1. The van der Waals surface area contributed by atoms with E-state index in [4.69, 9.17) is 26.3 Å². The second-order valence-corrected chi connectivity index (χ2v) is 6.13. The molecule has 0 heterocycles. The van der Waals surface area contributed by atoms with Gasteiger partial charge in [-0.2, -0.15) is 5.26 Å². The van der Waals surface area contributed by atoms with Gasteiger partial charge < -0.3 is 14.8 Å². The summed E-state index contributed by atoms with van der Waals surface area (Å²) in [6.07, 6.45) is 2.56. The van der Waals surface area contributed by atoms with Crippen molar-refractivity contribution in [1.29, 1.82) is 5.26 Å². The van der Waals surface area contributed by atoms with Gasteiger partial charge in [-0.1, -0.05) is 29.8 Å². The van der Waals surface area contributed by atoms with Gasteiger partial charge in [0.25, 0.3) is 0 Å². The summed E-state index contributed by atoms with van der Waals surface area (Å²) in [5.41, 5.74) is 2.19. The van der Waals surface area contributed by atoms with Crippen molar-refractivity contribution in [2.24, 2.45) is 0 Å². The molecule has 0 aliphatic carbocycles. The largest absolute Gasteiger partial charge is 0.493 e. The lowest BCUT2D eigenvalue weighted by Crippen LogP contribution is -2.14. The van der Waals surface area contributed by atoms with E-state index in [2.05, 4.69) is 11.4 Å². The zero-order chi connectivity index (χ0) is 17.9. The summed E-state index contributed by atoms with van der Waals surface area (Å²) in [5, 5.41) is 12.6. The average molecular weight is 359 g/mol. The molecule has 0 unspecified atom stereocenters. The van der Waals surface area contributed by atoms with E-state index in [1.165, 1.54) is 0 Å². The molecule has 0 saturated carbocycles. The third-order valence-corrected chi connectivity index (χ3v) is 4.01. The summed E-state index contributed by atoms with van der Waals surface area (Å²) in [6.45, 7) is 2.13. The van der Waals surface area contributed by atoms with Crippen LogP contribution in [0.1, 0.15) is 30.4 Å².